The van der Waals surface area contributed by atoms with Crippen LogP contribution in [0.5, 0.6) is 0 Å². The second-order valence-corrected chi connectivity index (χ2v) is 14.1. The molecule has 5 fully saturated rings. The molecule has 0 aromatic carbocycles. The van der Waals surface area contributed by atoms with Gasteiger partial charge < -0.3 is 19.7 Å². The first kappa shape index (κ1) is 26.5. The number of carboxylic acid groups (broad SMARTS) is 2. The van der Waals surface area contributed by atoms with Gasteiger partial charge >= 0.3 is 11.9 Å². The average Bonchev–Trinajstić information content (AvgIpc) is 3.27. The summed E-state index contributed by atoms with van der Waals surface area (Å²) in [5, 5.41) is 20.4. The maximum atomic E-state index is 13.5. The summed E-state index contributed by atoms with van der Waals surface area (Å²) in [6.07, 6.45) is 10.3. The van der Waals surface area contributed by atoms with Crippen LogP contribution in [0.25, 0.3) is 0 Å². The maximum absolute atomic E-state index is 13.5. The number of aldehydes is 1. The fourth-order valence-corrected chi connectivity index (χ4v) is 11.6. The Kier molecular flexibility index (Phi) is 5.85. The number of ether oxygens (including phenoxy) is 1. The summed E-state index contributed by atoms with van der Waals surface area (Å²) in [6.45, 7) is 9.18. The van der Waals surface area contributed by atoms with Crippen molar-refractivity contribution >= 4 is 18.2 Å². The molecular weight excluding hydrogens is 482 g/mol. The van der Waals surface area contributed by atoms with Crippen LogP contribution < -0.4 is 0 Å². The van der Waals surface area contributed by atoms with Crippen LogP contribution in [0.4, 0.5) is 0 Å². The number of allylic oxidation sites excluding steroid dienone is 1. The third-order valence-corrected chi connectivity index (χ3v) is 12.5. The quantitative estimate of drug-likeness (QED) is 0.301. The Bertz CT molecular complexity index is 1090. The van der Waals surface area contributed by atoms with E-state index in [4.69, 9.17) is 4.74 Å². The molecule has 6 rings (SSSR count). The first-order valence-electron chi connectivity index (χ1n) is 15.0. The van der Waals surface area contributed by atoms with E-state index in [1.807, 2.05) is 11.9 Å². The molecule has 4 saturated carbocycles. The van der Waals surface area contributed by atoms with E-state index in [9.17, 15) is 24.6 Å². The molecule has 0 amide bonds. The molecule has 1 saturated heterocycles. The number of hydrogen-bond acceptors (Lipinski definition) is 5. The molecule has 0 aromatic heterocycles. The number of rotatable bonds is 11. The number of carbonyl (C=O) groups is 3. The summed E-state index contributed by atoms with van der Waals surface area (Å²) in [6, 6.07) is 0. The smallest absolute Gasteiger partial charge is 0.317 e. The zero-order valence-electron chi connectivity index (χ0n) is 23.6. The number of likely N-dealkylation sites (N-methyl/N-ethyl adjacent to an activating group) is 1. The van der Waals surface area contributed by atoms with Crippen LogP contribution in [0.3, 0.4) is 0 Å². The molecule has 11 atom stereocenters. The number of carbonyl (C=O) groups excluding carboxylic acids is 1. The second-order valence-electron chi connectivity index (χ2n) is 14.1. The van der Waals surface area contributed by atoms with Crippen molar-refractivity contribution in [2.24, 2.45) is 57.2 Å². The summed E-state index contributed by atoms with van der Waals surface area (Å²) in [4.78, 5) is 40.0. The maximum Gasteiger partial charge on any atom is 0.317 e. The van der Waals surface area contributed by atoms with Gasteiger partial charge in [0.05, 0.1) is 24.2 Å². The van der Waals surface area contributed by atoms with Crippen LogP contribution in [0.15, 0.2) is 11.6 Å². The van der Waals surface area contributed by atoms with Gasteiger partial charge in [0.25, 0.3) is 0 Å². The first-order valence-corrected chi connectivity index (χ1v) is 15.0. The van der Waals surface area contributed by atoms with Crippen LogP contribution in [-0.2, 0) is 19.1 Å². The molecule has 8 unspecified atom stereocenters. The Morgan fingerprint density at radius 1 is 1.26 bits per heavy atom. The Morgan fingerprint density at radius 2 is 2.00 bits per heavy atom. The fraction of sp³-hybridized carbons (Fsp3) is 0.839. The normalized spacial score (nSPS) is 49.4. The zero-order chi connectivity index (χ0) is 27.4. The van der Waals surface area contributed by atoms with Gasteiger partial charge in [0.15, 0.2) is 0 Å². The summed E-state index contributed by atoms with van der Waals surface area (Å²) >= 11 is 0. The van der Waals surface area contributed by atoms with E-state index in [1.165, 1.54) is 0 Å². The molecular formula is C31H45NO6. The van der Waals surface area contributed by atoms with E-state index in [-0.39, 0.29) is 41.9 Å². The molecule has 6 aliphatic rings. The third-order valence-electron chi connectivity index (χ3n) is 12.5. The third kappa shape index (κ3) is 2.67. The highest BCUT2D eigenvalue weighted by atomic mass is 16.5. The monoisotopic (exact) mass is 527 g/mol. The van der Waals surface area contributed by atoms with Crippen LogP contribution in [0, 0.1) is 57.2 Å². The highest BCUT2D eigenvalue weighted by Gasteiger charge is 3.12. The molecule has 1 spiro atoms. The highest BCUT2D eigenvalue weighted by molar-refractivity contribution is 6.01. The lowest BCUT2D eigenvalue weighted by molar-refractivity contribution is -0.145. The van der Waals surface area contributed by atoms with Gasteiger partial charge in [-0.1, -0.05) is 58.6 Å². The van der Waals surface area contributed by atoms with Gasteiger partial charge in [0.1, 0.15) is 11.7 Å². The Hall–Kier alpha value is -1.73. The van der Waals surface area contributed by atoms with Gasteiger partial charge in [-0.05, 0) is 68.2 Å². The van der Waals surface area contributed by atoms with Gasteiger partial charge in [0.2, 0.25) is 0 Å². The molecule has 0 radical (unpaired) electrons. The lowest BCUT2D eigenvalue weighted by Gasteiger charge is -2.39. The Morgan fingerprint density at radius 3 is 2.61 bits per heavy atom. The first-order chi connectivity index (χ1) is 18.0. The van der Waals surface area contributed by atoms with Gasteiger partial charge in [-0.2, -0.15) is 0 Å². The zero-order valence-corrected chi connectivity index (χ0v) is 23.6. The number of fused-ring (bicyclic) bond motifs is 4. The van der Waals surface area contributed by atoms with Crippen molar-refractivity contribution in [3.63, 3.8) is 0 Å². The van der Waals surface area contributed by atoms with Crippen molar-refractivity contribution in [1.82, 2.24) is 4.90 Å². The molecule has 2 N–H and O–H groups in total. The molecule has 7 nitrogen and oxygen atoms in total. The predicted octanol–water partition coefficient (Wildman–Crippen LogP) is 4.50. The van der Waals surface area contributed by atoms with Gasteiger partial charge in [-0.3, -0.25) is 14.5 Å². The van der Waals surface area contributed by atoms with E-state index >= 15 is 0 Å². The molecule has 1 aliphatic heterocycles. The molecule has 7 heteroatoms. The summed E-state index contributed by atoms with van der Waals surface area (Å²) in [7, 11) is 1.83. The largest absolute Gasteiger partial charge is 0.481 e. The topological polar surface area (TPSA) is 104 Å². The number of unbranched alkanes of at least 4 members (excludes halogenated alkanes) is 1. The van der Waals surface area contributed by atoms with Crippen LogP contribution in [-0.4, -0.2) is 65.7 Å². The van der Waals surface area contributed by atoms with E-state index < -0.39 is 28.2 Å². The number of nitrogens with zero attached hydrogens (tertiary/aromatic N) is 1. The Balaban J connectivity index is 1.42. The van der Waals surface area contributed by atoms with Gasteiger partial charge in [-0.25, -0.2) is 0 Å². The molecule has 0 bridgehead atoms. The second kappa shape index (κ2) is 8.39. The van der Waals surface area contributed by atoms with E-state index in [2.05, 4.69) is 33.8 Å². The van der Waals surface area contributed by atoms with Gasteiger partial charge in [0, 0.05) is 17.4 Å². The minimum atomic E-state index is -1.09. The van der Waals surface area contributed by atoms with Crippen molar-refractivity contribution < 1.29 is 29.3 Å². The number of hydrogen-bond donors (Lipinski definition) is 2. The summed E-state index contributed by atoms with van der Waals surface area (Å²) < 4.78 is 6.97. The molecule has 38 heavy (non-hydrogen) atoms. The van der Waals surface area contributed by atoms with E-state index in [0.717, 1.165) is 56.8 Å². The van der Waals surface area contributed by atoms with Crippen LogP contribution in [0.2, 0.25) is 0 Å². The lowest BCUT2D eigenvalue weighted by Crippen LogP contribution is -2.40. The minimum absolute atomic E-state index is 0.0269. The number of aliphatic carboxylic acids is 2. The fourth-order valence-electron chi connectivity index (χ4n) is 11.6. The minimum Gasteiger partial charge on any atom is -0.481 e. The average molecular weight is 528 g/mol. The Labute approximate surface area is 226 Å². The highest BCUT2D eigenvalue weighted by Crippen LogP contribution is 3.09. The SMILES string of the molecule is CCCCC1CC(C23C[C@@H]4[C@H](C)CC[C@H]4C4(C=O)C5(C(=O)O)C(C(C)C)=CC2C354)OC1CN(C)CC(=O)O. The molecule has 0 aromatic rings. The van der Waals surface area contributed by atoms with E-state index in [1.54, 1.807) is 0 Å². The van der Waals surface area contributed by atoms with Gasteiger partial charge in [-0.15, -0.1) is 0 Å². The standard InChI is InChI=1S/C31H45NO6/c1-6-7-8-19-11-25(38-23(19)14-32(5)15-26(34)35)28-13-20-18(4)9-10-21(20)29(16-33)30(27(36)37)22(17(2)3)12-24(28)31(28,29)30/h12,16-21,23-25H,6-11,13-15H2,1-5H3,(H,34,35)(H,36,37)/t18-,19?,20-,21-,23?,24?,25?,28?,29?,30?,31?/m1/s1. The molecule has 1 heterocycles. The van der Waals surface area contributed by atoms with Crippen molar-refractivity contribution in [3.05, 3.63) is 11.6 Å². The van der Waals surface area contributed by atoms with Crippen molar-refractivity contribution in [3.8, 4) is 0 Å². The van der Waals surface area contributed by atoms with Crippen LogP contribution in [0.1, 0.15) is 72.6 Å². The molecule has 5 aliphatic carbocycles. The van der Waals surface area contributed by atoms with Crippen molar-refractivity contribution in [1.29, 1.82) is 0 Å². The molecule has 210 valence electrons. The summed E-state index contributed by atoms with van der Waals surface area (Å²) in [5.74, 6) is -0.181. The lowest BCUT2D eigenvalue weighted by atomic mass is 9.65. The van der Waals surface area contributed by atoms with E-state index in [0.29, 0.717) is 24.3 Å². The number of carboxylic acids is 2. The predicted molar refractivity (Wildman–Crippen MR) is 141 cm³/mol. The van der Waals surface area contributed by atoms with Crippen LogP contribution >= 0.6 is 0 Å². The summed E-state index contributed by atoms with van der Waals surface area (Å²) in [5.41, 5.74) is -1.79. The van der Waals surface area contributed by atoms with Crippen molar-refractivity contribution in [2.45, 2.75) is 84.8 Å². The van der Waals surface area contributed by atoms with Crippen molar-refractivity contribution in [2.75, 3.05) is 20.1 Å².